The van der Waals surface area contributed by atoms with Gasteiger partial charge in [-0.15, -0.1) is 0 Å². The number of benzene rings is 2. The van der Waals surface area contributed by atoms with Gasteiger partial charge in [-0.05, 0) is 29.8 Å². The zero-order chi connectivity index (χ0) is 15.9. The van der Waals surface area contributed by atoms with Gasteiger partial charge < -0.3 is 15.2 Å². The number of hydrogen-bond donors (Lipinski definition) is 2. The number of anilines is 1. The van der Waals surface area contributed by atoms with Gasteiger partial charge in [-0.2, -0.15) is 0 Å². The maximum Gasteiger partial charge on any atom is 0.310 e. The Kier molecular flexibility index (Phi) is 5.14. The quantitative estimate of drug-likeness (QED) is 0.657. The molecule has 0 atom stereocenters. The highest BCUT2D eigenvalue weighted by molar-refractivity contribution is 5.94. The van der Waals surface area contributed by atoms with E-state index in [0.717, 1.165) is 5.56 Å². The molecule has 0 aromatic heterocycles. The molecular weight excluding hydrogens is 282 g/mol. The summed E-state index contributed by atoms with van der Waals surface area (Å²) in [7, 11) is 0. The minimum absolute atomic E-state index is 0.154. The third kappa shape index (κ3) is 4.34. The zero-order valence-electron chi connectivity index (χ0n) is 12.2. The number of rotatable bonds is 5. The molecule has 2 rings (SSSR count). The number of phenols is 1. The minimum atomic E-state index is -0.361. The predicted molar refractivity (Wildman–Crippen MR) is 82.8 cm³/mol. The van der Waals surface area contributed by atoms with Crippen molar-refractivity contribution in [1.82, 2.24) is 0 Å². The summed E-state index contributed by atoms with van der Waals surface area (Å²) in [5.41, 5.74) is 1.23. The Labute approximate surface area is 128 Å². The van der Waals surface area contributed by atoms with Crippen LogP contribution in [0.4, 0.5) is 5.69 Å². The van der Waals surface area contributed by atoms with Crippen molar-refractivity contribution in [2.75, 3.05) is 5.32 Å². The first-order valence-corrected chi connectivity index (χ1v) is 6.96. The Morgan fingerprint density at radius 3 is 2.45 bits per heavy atom. The lowest BCUT2D eigenvalue weighted by atomic mass is 10.1. The number of nitrogens with one attached hydrogen (secondary N) is 1. The molecule has 0 heterocycles. The molecule has 5 heteroatoms. The van der Waals surface area contributed by atoms with E-state index in [9.17, 15) is 14.7 Å². The zero-order valence-corrected chi connectivity index (χ0v) is 12.2. The molecule has 22 heavy (non-hydrogen) atoms. The van der Waals surface area contributed by atoms with Gasteiger partial charge in [-0.1, -0.05) is 31.2 Å². The highest BCUT2D eigenvalue weighted by Gasteiger charge is 2.10. The topological polar surface area (TPSA) is 75.6 Å². The first-order valence-electron chi connectivity index (χ1n) is 6.96. The van der Waals surface area contributed by atoms with E-state index in [4.69, 9.17) is 4.74 Å². The standard InChI is InChI=1S/C17H17NO4/c1-2-17(21)22-15-6-4-3-5-14(15)18-16(20)11-12-7-9-13(19)10-8-12/h3-10,19H,2,11H2,1H3,(H,18,20). The molecule has 2 N–H and O–H groups in total. The van der Waals surface area contributed by atoms with Gasteiger partial charge in [-0.3, -0.25) is 9.59 Å². The van der Waals surface area contributed by atoms with Crippen molar-refractivity contribution in [3.63, 3.8) is 0 Å². The average molecular weight is 299 g/mol. The number of carbonyl (C=O) groups is 2. The third-order valence-electron chi connectivity index (χ3n) is 2.97. The summed E-state index contributed by atoms with van der Waals surface area (Å²) < 4.78 is 5.17. The van der Waals surface area contributed by atoms with Crippen LogP contribution in [0.25, 0.3) is 0 Å². The molecule has 0 fully saturated rings. The molecule has 0 bridgehead atoms. The Bertz CT molecular complexity index is 665. The summed E-state index contributed by atoms with van der Waals surface area (Å²) in [6.45, 7) is 1.70. The van der Waals surface area contributed by atoms with Crippen molar-refractivity contribution in [1.29, 1.82) is 0 Å². The third-order valence-corrected chi connectivity index (χ3v) is 2.97. The Hall–Kier alpha value is -2.82. The number of carbonyl (C=O) groups excluding carboxylic acids is 2. The summed E-state index contributed by atoms with van der Waals surface area (Å²) in [5, 5.41) is 11.9. The molecule has 114 valence electrons. The van der Waals surface area contributed by atoms with Crippen LogP contribution in [0.15, 0.2) is 48.5 Å². The van der Waals surface area contributed by atoms with Gasteiger partial charge in [0.15, 0.2) is 5.75 Å². The van der Waals surface area contributed by atoms with Crippen LogP contribution in [-0.2, 0) is 16.0 Å². The molecule has 0 aliphatic rings. The predicted octanol–water partition coefficient (Wildman–Crippen LogP) is 2.89. The van der Waals surface area contributed by atoms with Crippen LogP contribution in [0.1, 0.15) is 18.9 Å². The normalized spacial score (nSPS) is 10.0. The van der Waals surface area contributed by atoms with E-state index in [-0.39, 0.29) is 30.5 Å². The second-order valence-corrected chi connectivity index (χ2v) is 4.72. The summed E-state index contributed by atoms with van der Waals surface area (Å²) in [5.74, 6) is -0.111. The van der Waals surface area contributed by atoms with Crippen LogP contribution in [0.2, 0.25) is 0 Å². The maximum atomic E-state index is 12.1. The van der Waals surface area contributed by atoms with Crippen LogP contribution < -0.4 is 10.1 Å². The van der Waals surface area contributed by atoms with Crippen LogP contribution >= 0.6 is 0 Å². The second kappa shape index (κ2) is 7.26. The number of amides is 1. The lowest BCUT2D eigenvalue weighted by Crippen LogP contribution is -2.16. The molecule has 0 saturated carbocycles. The van der Waals surface area contributed by atoms with E-state index in [0.29, 0.717) is 11.4 Å². The van der Waals surface area contributed by atoms with E-state index < -0.39 is 0 Å². The average Bonchev–Trinajstić information content (AvgIpc) is 2.51. The summed E-state index contributed by atoms with van der Waals surface area (Å²) in [6, 6.07) is 13.2. The summed E-state index contributed by atoms with van der Waals surface area (Å²) in [4.78, 5) is 23.4. The van der Waals surface area contributed by atoms with Gasteiger partial charge in [0, 0.05) is 6.42 Å². The molecule has 0 saturated heterocycles. The van der Waals surface area contributed by atoms with Crippen molar-refractivity contribution < 1.29 is 19.4 Å². The van der Waals surface area contributed by atoms with E-state index in [2.05, 4.69) is 5.32 Å². The molecule has 2 aromatic rings. The number of ether oxygens (including phenoxy) is 1. The van der Waals surface area contributed by atoms with E-state index in [1.54, 1.807) is 43.3 Å². The fourth-order valence-corrected chi connectivity index (χ4v) is 1.85. The molecule has 0 radical (unpaired) electrons. The Morgan fingerprint density at radius 1 is 1.09 bits per heavy atom. The molecule has 1 amide bonds. The van der Waals surface area contributed by atoms with Gasteiger partial charge in [0.25, 0.3) is 0 Å². The highest BCUT2D eigenvalue weighted by Crippen LogP contribution is 2.24. The molecule has 2 aromatic carbocycles. The summed E-state index contributed by atoms with van der Waals surface area (Å²) in [6.07, 6.45) is 0.423. The smallest absolute Gasteiger partial charge is 0.310 e. The Morgan fingerprint density at radius 2 is 1.77 bits per heavy atom. The molecule has 0 aliphatic heterocycles. The molecule has 0 unspecified atom stereocenters. The van der Waals surface area contributed by atoms with Crippen LogP contribution in [0, 0.1) is 0 Å². The number of phenolic OH excluding ortho intramolecular Hbond substituents is 1. The van der Waals surface area contributed by atoms with E-state index >= 15 is 0 Å². The monoisotopic (exact) mass is 299 g/mol. The molecule has 0 spiro atoms. The van der Waals surface area contributed by atoms with Gasteiger partial charge in [0.05, 0.1) is 12.1 Å². The van der Waals surface area contributed by atoms with E-state index in [1.807, 2.05) is 0 Å². The Balaban J connectivity index is 2.05. The summed E-state index contributed by atoms with van der Waals surface area (Å²) >= 11 is 0. The van der Waals surface area contributed by atoms with Crippen molar-refractivity contribution in [2.24, 2.45) is 0 Å². The number of hydrogen-bond acceptors (Lipinski definition) is 4. The molecule has 0 aliphatic carbocycles. The van der Waals surface area contributed by atoms with Crippen LogP contribution in [-0.4, -0.2) is 17.0 Å². The molecule has 5 nitrogen and oxygen atoms in total. The van der Waals surface area contributed by atoms with Crippen molar-refractivity contribution in [3.8, 4) is 11.5 Å². The maximum absolute atomic E-state index is 12.1. The fraction of sp³-hybridized carbons (Fsp3) is 0.176. The lowest BCUT2D eigenvalue weighted by molar-refractivity contribution is -0.134. The van der Waals surface area contributed by atoms with Gasteiger partial charge >= 0.3 is 5.97 Å². The van der Waals surface area contributed by atoms with Crippen LogP contribution in [0.3, 0.4) is 0 Å². The number of esters is 1. The van der Waals surface area contributed by atoms with Gasteiger partial charge in [-0.25, -0.2) is 0 Å². The van der Waals surface area contributed by atoms with E-state index in [1.165, 1.54) is 12.1 Å². The first-order chi connectivity index (χ1) is 10.6. The second-order valence-electron chi connectivity index (χ2n) is 4.72. The highest BCUT2D eigenvalue weighted by atomic mass is 16.5. The first kappa shape index (κ1) is 15.6. The van der Waals surface area contributed by atoms with Crippen LogP contribution in [0.5, 0.6) is 11.5 Å². The van der Waals surface area contributed by atoms with Crippen molar-refractivity contribution >= 4 is 17.6 Å². The van der Waals surface area contributed by atoms with Gasteiger partial charge in [0.1, 0.15) is 5.75 Å². The molecular formula is C17H17NO4. The number of para-hydroxylation sites is 2. The fourth-order valence-electron chi connectivity index (χ4n) is 1.85. The number of aromatic hydroxyl groups is 1. The van der Waals surface area contributed by atoms with Crippen molar-refractivity contribution in [2.45, 2.75) is 19.8 Å². The minimum Gasteiger partial charge on any atom is -0.508 e. The largest absolute Gasteiger partial charge is 0.508 e. The van der Waals surface area contributed by atoms with Gasteiger partial charge in [0.2, 0.25) is 5.91 Å². The SMILES string of the molecule is CCC(=O)Oc1ccccc1NC(=O)Cc1ccc(O)cc1. The lowest BCUT2D eigenvalue weighted by Gasteiger charge is -2.11. The van der Waals surface area contributed by atoms with Crippen molar-refractivity contribution in [3.05, 3.63) is 54.1 Å².